The lowest BCUT2D eigenvalue weighted by Gasteiger charge is -2.36. The van der Waals surface area contributed by atoms with Gasteiger partial charge in [-0.2, -0.15) is 0 Å². The highest BCUT2D eigenvalue weighted by molar-refractivity contribution is 6.33. The highest BCUT2D eigenvalue weighted by atomic mass is 35.5. The molecule has 1 aromatic carbocycles. The van der Waals surface area contributed by atoms with Gasteiger partial charge in [-0.1, -0.05) is 23.2 Å². The summed E-state index contributed by atoms with van der Waals surface area (Å²) >= 11 is 12.4. The summed E-state index contributed by atoms with van der Waals surface area (Å²) in [6, 6.07) is 6.04. The van der Waals surface area contributed by atoms with Gasteiger partial charge >= 0.3 is 0 Å². The van der Waals surface area contributed by atoms with Crippen molar-refractivity contribution >= 4 is 23.2 Å². The van der Waals surface area contributed by atoms with Crippen LogP contribution in [0.1, 0.15) is 37.8 Å². The Kier molecular flexibility index (Phi) is 5.52. The Morgan fingerprint density at radius 1 is 1.32 bits per heavy atom. The third-order valence-corrected chi connectivity index (χ3v) is 4.76. The lowest BCUT2D eigenvalue weighted by Crippen LogP contribution is -2.36. The first-order valence-electron chi connectivity index (χ1n) is 7.01. The first-order chi connectivity index (χ1) is 9.11. The first kappa shape index (κ1) is 15.1. The van der Waals surface area contributed by atoms with E-state index in [1.165, 1.54) is 12.8 Å². The molecule has 1 fully saturated rings. The lowest BCUT2D eigenvalue weighted by atomic mass is 9.92. The summed E-state index contributed by atoms with van der Waals surface area (Å²) in [5, 5.41) is 1.56. The number of halogens is 2. The molecule has 1 aliphatic rings. The maximum Gasteiger partial charge on any atom is 0.0454 e. The van der Waals surface area contributed by atoms with Gasteiger partial charge < -0.3 is 5.73 Å². The number of rotatable bonds is 4. The van der Waals surface area contributed by atoms with Crippen molar-refractivity contribution < 1.29 is 0 Å². The molecule has 19 heavy (non-hydrogen) atoms. The molecule has 0 bridgehead atoms. The minimum absolute atomic E-state index is 0.324. The monoisotopic (exact) mass is 300 g/mol. The molecule has 1 unspecified atom stereocenters. The van der Waals surface area contributed by atoms with Crippen LogP contribution in [0.25, 0.3) is 0 Å². The average molecular weight is 301 g/mol. The molecular weight excluding hydrogens is 279 g/mol. The minimum atomic E-state index is 0.324. The van der Waals surface area contributed by atoms with E-state index in [0.717, 1.165) is 47.6 Å². The van der Waals surface area contributed by atoms with Crippen molar-refractivity contribution in [2.75, 3.05) is 19.6 Å². The van der Waals surface area contributed by atoms with E-state index in [2.05, 4.69) is 11.8 Å². The summed E-state index contributed by atoms with van der Waals surface area (Å²) in [7, 11) is 0. The molecule has 1 aliphatic heterocycles. The van der Waals surface area contributed by atoms with Crippen LogP contribution in [-0.4, -0.2) is 24.5 Å². The molecule has 2 N–H and O–H groups in total. The van der Waals surface area contributed by atoms with Gasteiger partial charge in [-0.3, -0.25) is 4.90 Å². The van der Waals surface area contributed by atoms with Crippen molar-refractivity contribution in [1.29, 1.82) is 0 Å². The molecule has 0 saturated carbocycles. The van der Waals surface area contributed by atoms with Gasteiger partial charge in [-0.15, -0.1) is 0 Å². The van der Waals surface area contributed by atoms with E-state index in [9.17, 15) is 0 Å². The van der Waals surface area contributed by atoms with Crippen LogP contribution in [-0.2, 0) is 0 Å². The van der Waals surface area contributed by atoms with Crippen molar-refractivity contribution in [2.24, 2.45) is 11.7 Å². The zero-order valence-electron chi connectivity index (χ0n) is 11.4. The second-order valence-corrected chi connectivity index (χ2v) is 6.24. The Morgan fingerprint density at radius 2 is 2.00 bits per heavy atom. The van der Waals surface area contributed by atoms with Crippen molar-refractivity contribution in [2.45, 2.75) is 32.2 Å². The Labute approximate surface area is 125 Å². The predicted octanol–water partition coefficient (Wildman–Crippen LogP) is 4.12. The van der Waals surface area contributed by atoms with Gasteiger partial charge in [-0.25, -0.2) is 0 Å². The van der Waals surface area contributed by atoms with E-state index in [1.54, 1.807) is 0 Å². The third kappa shape index (κ3) is 3.85. The van der Waals surface area contributed by atoms with Crippen molar-refractivity contribution in [3.63, 3.8) is 0 Å². The van der Waals surface area contributed by atoms with E-state index in [4.69, 9.17) is 28.9 Å². The smallest absolute Gasteiger partial charge is 0.0454 e. The highest BCUT2D eigenvalue weighted by Crippen LogP contribution is 2.32. The Bertz CT molecular complexity index is 415. The lowest BCUT2D eigenvalue weighted by molar-refractivity contribution is 0.138. The molecule has 2 rings (SSSR count). The van der Waals surface area contributed by atoms with Crippen LogP contribution < -0.4 is 5.73 Å². The van der Waals surface area contributed by atoms with Gasteiger partial charge in [0, 0.05) is 16.1 Å². The van der Waals surface area contributed by atoms with Gasteiger partial charge in [0.05, 0.1) is 0 Å². The standard InChI is InChI=1S/C15H22Cl2N2/c1-11(14-10-13(16)2-3-15(14)17)19-8-5-12(4-7-18)6-9-19/h2-3,10-12H,4-9,18H2,1H3. The van der Waals surface area contributed by atoms with Crippen LogP contribution in [0.15, 0.2) is 18.2 Å². The predicted molar refractivity (Wildman–Crippen MR) is 82.8 cm³/mol. The van der Waals surface area contributed by atoms with E-state index >= 15 is 0 Å². The fourth-order valence-corrected chi connectivity index (χ4v) is 3.35. The summed E-state index contributed by atoms with van der Waals surface area (Å²) in [5.74, 6) is 0.795. The van der Waals surface area contributed by atoms with Gasteiger partial charge in [0.25, 0.3) is 0 Å². The van der Waals surface area contributed by atoms with Crippen LogP contribution in [0, 0.1) is 5.92 Å². The molecule has 0 spiro atoms. The number of nitrogens with two attached hydrogens (primary N) is 1. The fourth-order valence-electron chi connectivity index (χ4n) is 2.90. The zero-order chi connectivity index (χ0) is 13.8. The second-order valence-electron chi connectivity index (χ2n) is 5.40. The number of likely N-dealkylation sites (tertiary alicyclic amines) is 1. The summed E-state index contributed by atoms with van der Waals surface area (Å²) in [6.45, 7) is 5.25. The van der Waals surface area contributed by atoms with Crippen molar-refractivity contribution in [3.05, 3.63) is 33.8 Å². The van der Waals surface area contributed by atoms with Gasteiger partial charge in [0.2, 0.25) is 0 Å². The molecule has 0 amide bonds. The fraction of sp³-hybridized carbons (Fsp3) is 0.600. The number of benzene rings is 1. The summed E-state index contributed by atoms with van der Waals surface area (Å²) in [4.78, 5) is 2.49. The molecular formula is C15H22Cl2N2. The van der Waals surface area contributed by atoms with Crippen LogP contribution >= 0.6 is 23.2 Å². The number of piperidine rings is 1. The summed E-state index contributed by atoms with van der Waals surface area (Å²) in [5.41, 5.74) is 6.77. The van der Waals surface area contributed by atoms with Crippen LogP contribution in [0.3, 0.4) is 0 Å². The quantitative estimate of drug-likeness (QED) is 0.906. The van der Waals surface area contributed by atoms with E-state index < -0.39 is 0 Å². The SMILES string of the molecule is CC(c1cc(Cl)ccc1Cl)N1CCC(CCN)CC1. The molecule has 2 nitrogen and oxygen atoms in total. The Balaban J connectivity index is 2.01. The van der Waals surface area contributed by atoms with Crippen molar-refractivity contribution in [1.82, 2.24) is 4.90 Å². The maximum absolute atomic E-state index is 6.29. The van der Waals surface area contributed by atoms with Crippen LogP contribution in [0.4, 0.5) is 0 Å². The second kappa shape index (κ2) is 6.94. The van der Waals surface area contributed by atoms with Gasteiger partial charge in [0.1, 0.15) is 0 Å². The molecule has 1 aromatic rings. The molecule has 0 radical (unpaired) electrons. The van der Waals surface area contributed by atoms with E-state index in [1.807, 2.05) is 18.2 Å². The maximum atomic E-state index is 6.29. The summed E-state index contributed by atoms with van der Waals surface area (Å²) in [6.07, 6.45) is 3.62. The van der Waals surface area contributed by atoms with E-state index in [-0.39, 0.29) is 0 Å². The van der Waals surface area contributed by atoms with Gasteiger partial charge in [0.15, 0.2) is 0 Å². The minimum Gasteiger partial charge on any atom is -0.330 e. The Hall–Kier alpha value is -0.280. The van der Waals surface area contributed by atoms with Crippen LogP contribution in [0.5, 0.6) is 0 Å². The molecule has 4 heteroatoms. The van der Waals surface area contributed by atoms with Crippen molar-refractivity contribution in [3.8, 4) is 0 Å². The number of hydrogen-bond acceptors (Lipinski definition) is 2. The first-order valence-corrected chi connectivity index (χ1v) is 7.76. The molecule has 1 saturated heterocycles. The topological polar surface area (TPSA) is 29.3 Å². The largest absolute Gasteiger partial charge is 0.330 e. The molecule has 1 atom stereocenters. The molecule has 1 heterocycles. The Morgan fingerprint density at radius 3 is 2.63 bits per heavy atom. The summed E-state index contributed by atoms with van der Waals surface area (Å²) < 4.78 is 0. The molecule has 0 aromatic heterocycles. The van der Waals surface area contributed by atoms with Crippen LogP contribution in [0.2, 0.25) is 10.0 Å². The average Bonchev–Trinajstić information content (AvgIpc) is 2.42. The van der Waals surface area contributed by atoms with Gasteiger partial charge in [-0.05, 0) is 75.5 Å². The number of nitrogens with zero attached hydrogens (tertiary/aromatic N) is 1. The number of hydrogen-bond donors (Lipinski definition) is 1. The molecule has 106 valence electrons. The zero-order valence-corrected chi connectivity index (χ0v) is 12.9. The highest BCUT2D eigenvalue weighted by Gasteiger charge is 2.24. The third-order valence-electron chi connectivity index (χ3n) is 4.18. The normalized spacial score (nSPS) is 19.6. The molecule has 0 aliphatic carbocycles. The van der Waals surface area contributed by atoms with E-state index in [0.29, 0.717) is 6.04 Å².